The average molecular weight is 1690 g/mol. The maximum absolute atomic E-state index is 6.64. The van der Waals surface area contributed by atoms with Gasteiger partial charge >= 0.3 is 0 Å². The van der Waals surface area contributed by atoms with Crippen molar-refractivity contribution in [2.45, 2.75) is 0 Å². The number of fused-ring (bicyclic) bond motifs is 12. The highest BCUT2D eigenvalue weighted by Crippen LogP contribution is 2.50. The molecule has 25 aromatic rings. The molecule has 10 heteroatoms. The molecule has 0 aliphatic heterocycles. The minimum absolute atomic E-state index is 0.600. The predicted molar refractivity (Wildman–Crippen MR) is 541 cm³/mol. The molecule has 0 saturated heterocycles. The summed E-state index contributed by atoms with van der Waals surface area (Å²) < 4.78 is 13.2. The molecule has 0 N–H and O–H groups in total. The van der Waals surface area contributed by atoms with Crippen LogP contribution in [0.25, 0.3) is 256 Å². The third-order valence-corrected chi connectivity index (χ3v) is 25.0. The molecule has 0 amide bonds. The molecule has 6 heterocycles. The summed E-state index contributed by atoms with van der Waals surface area (Å²) in [6.45, 7) is 0. The quantitative estimate of drug-likeness (QED) is 0.0915. The SMILES string of the molecule is c1ccc(-c2cccc(-c3nc(-c4ccc(-c5cccc(-c6nc7ccccc7c7c(-c8ccccc8)c8c(cc67)oc6ccccc68)c5)cc4)nc(-c4cccc(-c5ccccc5)c4)n3)c2)cc1.c1ccc(-c2cccc(-c3nc(-c4ccccc4)nc(-c4ccc(-c5cccc(-c6nc7ccccc7c7c(-c8ccccc8)c8c(cc67)oc6ccccc68)c5)cc4)n3)c2)cc1. The number of para-hydroxylation sites is 4. The van der Waals surface area contributed by atoms with Crippen LogP contribution in [0.1, 0.15) is 0 Å². The molecule has 0 aliphatic carbocycles. The largest absolute Gasteiger partial charge is 0.456 e. The second-order valence-electron chi connectivity index (χ2n) is 33.1. The van der Waals surface area contributed by atoms with E-state index in [1.165, 1.54) is 0 Å². The molecule has 0 radical (unpaired) electrons. The Bertz CT molecular complexity index is 8630. The molecule has 132 heavy (non-hydrogen) atoms. The molecule has 25 rings (SSSR count). The Labute approximate surface area is 760 Å². The van der Waals surface area contributed by atoms with Gasteiger partial charge < -0.3 is 8.83 Å². The Morgan fingerprint density at radius 2 is 0.356 bits per heavy atom. The molecule has 6 aromatic heterocycles. The minimum atomic E-state index is 0.600. The Kier molecular flexibility index (Phi) is 19.7. The number of pyridine rings is 2. The molecule has 0 aliphatic rings. The van der Waals surface area contributed by atoms with Gasteiger partial charge in [-0.25, -0.2) is 39.9 Å². The van der Waals surface area contributed by atoms with E-state index >= 15 is 0 Å². The van der Waals surface area contributed by atoms with Crippen molar-refractivity contribution in [2.75, 3.05) is 0 Å². The maximum atomic E-state index is 6.64. The van der Waals surface area contributed by atoms with Crippen molar-refractivity contribution >= 4 is 87.2 Å². The molecule has 0 bridgehead atoms. The minimum Gasteiger partial charge on any atom is -0.456 e. The lowest BCUT2D eigenvalue weighted by molar-refractivity contribution is 0.669. The fourth-order valence-electron chi connectivity index (χ4n) is 18.7. The molecule has 0 atom stereocenters. The molecular formula is C122H76N8O2. The number of hydrogen-bond donors (Lipinski definition) is 0. The highest BCUT2D eigenvalue weighted by molar-refractivity contribution is 6.29. The number of furan rings is 2. The zero-order chi connectivity index (χ0) is 87.4. The van der Waals surface area contributed by atoms with Crippen molar-refractivity contribution in [1.29, 1.82) is 0 Å². The number of rotatable bonds is 15. The molecular weight excluding hydrogens is 1610 g/mol. The number of nitrogens with zero attached hydrogens (tertiary/aromatic N) is 8. The number of hydrogen-bond acceptors (Lipinski definition) is 10. The van der Waals surface area contributed by atoms with Crippen LogP contribution in [0.5, 0.6) is 0 Å². The zero-order valence-electron chi connectivity index (χ0n) is 71.3. The summed E-state index contributed by atoms with van der Waals surface area (Å²) in [5.41, 5.74) is 30.2. The Morgan fingerprint density at radius 1 is 0.129 bits per heavy atom. The molecule has 616 valence electrons. The van der Waals surface area contributed by atoms with Crippen molar-refractivity contribution in [3.63, 3.8) is 0 Å². The number of aromatic nitrogens is 8. The van der Waals surface area contributed by atoms with E-state index in [4.69, 9.17) is 48.7 Å². The van der Waals surface area contributed by atoms with Crippen LogP contribution in [0.2, 0.25) is 0 Å². The van der Waals surface area contributed by atoms with E-state index in [-0.39, 0.29) is 0 Å². The lowest BCUT2D eigenvalue weighted by Gasteiger charge is -2.16. The van der Waals surface area contributed by atoms with Gasteiger partial charge in [-0.1, -0.05) is 394 Å². The summed E-state index contributed by atoms with van der Waals surface area (Å²) in [5, 5.41) is 11.0. The van der Waals surface area contributed by atoms with E-state index in [1.54, 1.807) is 0 Å². The average Bonchev–Trinajstić information content (AvgIpc) is 1.46. The van der Waals surface area contributed by atoms with Gasteiger partial charge in [0.05, 0.1) is 22.4 Å². The molecule has 19 aromatic carbocycles. The summed E-state index contributed by atoms with van der Waals surface area (Å²) >= 11 is 0. The zero-order valence-corrected chi connectivity index (χ0v) is 71.3. The first-order valence-electron chi connectivity index (χ1n) is 44.3. The number of benzene rings is 19. The molecule has 0 saturated carbocycles. The van der Waals surface area contributed by atoms with E-state index < -0.39 is 0 Å². The summed E-state index contributed by atoms with van der Waals surface area (Å²) in [6.07, 6.45) is 0. The van der Waals surface area contributed by atoms with Crippen molar-refractivity contribution in [1.82, 2.24) is 39.9 Å². The summed E-state index contributed by atoms with van der Waals surface area (Å²) in [5.74, 6) is 3.69. The van der Waals surface area contributed by atoms with E-state index in [1.807, 2.05) is 66.7 Å². The normalized spacial score (nSPS) is 11.5. The monoisotopic (exact) mass is 1680 g/mol. The van der Waals surface area contributed by atoms with Crippen LogP contribution in [-0.2, 0) is 0 Å². The van der Waals surface area contributed by atoms with Crippen LogP contribution in [0, 0.1) is 0 Å². The van der Waals surface area contributed by atoms with E-state index in [9.17, 15) is 0 Å². The smallest absolute Gasteiger partial charge is 0.164 e. The third-order valence-electron chi connectivity index (χ3n) is 25.0. The lowest BCUT2D eigenvalue weighted by Crippen LogP contribution is -2.00. The van der Waals surface area contributed by atoms with Crippen LogP contribution < -0.4 is 0 Å². The van der Waals surface area contributed by atoms with Crippen LogP contribution in [0.3, 0.4) is 0 Å². The summed E-state index contributed by atoms with van der Waals surface area (Å²) in [7, 11) is 0. The first-order chi connectivity index (χ1) is 65.4. The van der Waals surface area contributed by atoms with E-state index in [2.05, 4.69) is 394 Å². The molecule has 0 fully saturated rings. The lowest BCUT2D eigenvalue weighted by atomic mass is 9.89. The first kappa shape index (κ1) is 77.7. The van der Waals surface area contributed by atoms with Crippen LogP contribution >= 0.6 is 0 Å². The van der Waals surface area contributed by atoms with Gasteiger partial charge in [-0.05, 0) is 133 Å². The highest BCUT2D eigenvalue weighted by atomic mass is 16.3. The topological polar surface area (TPSA) is 129 Å². The standard InChI is InChI=1S/C64H40N4O.C58H36N4O/c1-4-17-41(18-5-1)47-24-15-27-50(38-47)63-66-62(67-64(68-63)51-28-16-25-48(39-51)42-19-6-2-7-20-42)45-35-33-43(34-36-45)46-23-14-26-49(37-46)61-54-40-57-60(53-30-11-13-32-56(53)69-57)58(44-21-8-3-9-22-44)59(54)52-29-10-12-31-55(52)65-61;1-4-16-37(17-5-1)43-23-15-25-45(35-43)58-61-56(40-20-8-3-9-21-40)60-57(62-58)41-32-30-38(31-33-41)42-22-14-24-44(34-42)55-48-36-51-54(47-27-11-13-29-50(47)63-51)52(39-18-6-2-7-19-39)53(48)46-26-10-12-28-49(46)59-55/h1-40H;1-36H. The van der Waals surface area contributed by atoms with Crippen LogP contribution in [0.15, 0.2) is 470 Å². The maximum Gasteiger partial charge on any atom is 0.164 e. The van der Waals surface area contributed by atoms with Gasteiger partial charge in [0.25, 0.3) is 0 Å². The Morgan fingerprint density at radius 3 is 0.689 bits per heavy atom. The van der Waals surface area contributed by atoms with Gasteiger partial charge in [0.1, 0.15) is 22.3 Å². The fraction of sp³-hybridized carbons (Fsp3) is 0. The second kappa shape index (κ2) is 33.5. The highest BCUT2D eigenvalue weighted by Gasteiger charge is 2.26. The summed E-state index contributed by atoms with van der Waals surface area (Å²) in [4.78, 5) is 41.3. The second-order valence-corrected chi connectivity index (χ2v) is 33.1. The van der Waals surface area contributed by atoms with E-state index in [0.717, 1.165) is 221 Å². The molecule has 10 nitrogen and oxygen atoms in total. The van der Waals surface area contributed by atoms with Crippen molar-refractivity contribution < 1.29 is 8.83 Å². The van der Waals surface area contributed by atoms with Gasteiger partial charge in [0.2, 0.25) is 0 Å². The van der Waals surface area contributed by atoms with Crippen LogP contribution in [-0.4, -0.2) is 39.9 Å². The first-order valence-corrected chi connectivity index (χ1v) is 44.3. The fourth-order valence-corrected chi connectivity index (χ4v) is 18.7. The third kappa shape index (κ3) is 14.6. The molecule has 0 spiro atoms. The van der Waals surface area contributed by atoms with Crippen molar-refractivity contribution in [2.24, 2.45) is 0 Å². The van der Waals surface area contributed by atoms with Gasteiger partial charge in [-0.3, -0.25) is 0 Å². The Balaban J connectivity index is 0.000000146. The summed E-state index contributed by atoms with van der Waals surface area (Å²) in [6, 6.07) is 160. The van der Waals surface area contributed by atoms with Gasteiger partial charge in [-0.2, -0.15) is 0 Å². The predicted octanol–water partition coefficient (Wildman–Crippen LogP) is 31.9. The van der Waals surface area contributed by atoms with Crippen LogP contribution in [0.4, 0.5) is 0 Å². The molecule has 0 unspecified atom stereocenters. The van der Waals surface area contributed by atoms with Gasteiger partial charge in [0.15, 0.2) is 34.9 Å². The van der Waals surface area contributed by atoms with E-state index in [0.29, 0.717) is 34.9 Å². The Hall–Kier alpha value is -17.9. The van der Waals surface area contributed by atoms with Gasteiger partial charge in [-0.15, -0.1) is 0 Å². The van der Waals surface area contributed by atoms with Crippen molar-refractivity contribution in [3.05, 3.63) is 461 Å². The van der Waals surface area contributed by atoms with Crippen molar-refractivity contribution in [3.8, 4) is 169 Å². The van der Waals surface area contributed by atoms with Gasteiger partial charge in [0, 0.05) is 109 Å².